The van der Waals surface area contributed by atoms with E-state index in [2.05, 4.69) is 11.1 Å². The summed E-state index contributed by atoms with van der Waals surface area (Å²) in [5.74, 6) is 2.25. The first kappa shape index (κ1) is 30.8. The summed E-state index contributed by atoms with van der Waals surface area (Å²) in [6.07, 6.45) is 6.81. The summed E-state index contributed by atoms with van der Waals surface area (Å²) >= 11 is 0. The largest absolute Gasteiger partial charge is 0.457 e. The Morgan fingerprint density at radius 2 is 1.83 bits per heavy atom. The summed E-state index contributed by atoms with van der Waals surface area (Å²) in [7, 11) is 1.79. The molecular weight excluding hydrogens is 580 g/mol. The molecule has 0 unspecified atom stereocenters. The number of para-hydroxylation sites is 1. The molecule has 0 saturated carbocycles. The molecule has 6 rings (SSSR count). The monoisotopic (exact) mass is 618 g/mol. The van der Waals surface area contributed by atoms with E-state index >= 15 is 0 Å². The highest BCUT2D eigenvalue weighted by atomic mass is 16.5. The molecule has 2 aliphatic rings. The first-order chi connectivity index (χ1) is 22.1. The molecule has 11 heteroatoms. The lowest BCUT2D eigenvalue weighted by Gasteiger charge is -2.41. The minimum atomic E-state index is -0.646. The number of nitrogens with zero attached hydrogens (tertiary/aromatic N) is 7. The van der Waals surface area contributed by atoms with Crippen LogP contribution < -0.4 is 10.5 Å². The van der Waals surface area contributed by atoms with Crippen molar-refractivity contribution in [1.82, 2.24) is 29.1 Å². The van der Waals surface area contributed by atoms with Gasteiger partial charge in [-0.3, -0.25) is 18.9 Å². The average Bonchev–Trinajstić information content (AvgIpc) is 3.46. The number of likely N-dealkylation sites (tertiary alicyclic amines) is 1. The van der Waals surface area contributed by atoms with Crippen LogP contribution in [0.4, 0.5) is 5.82 Å². The molecule has 2 aromatic heterocycles. The number of piperidine rings is 1. The Morgan fingerprint density at radius 1 is 1.09 bits per heavy atom. The van der Waals surface area contributed by atoms with Crippen LogP contribution in [0.25, 0.3) is 16.8 Å². The number of likely N-dealkylation sites (N-methyl/N-ethyl adjacent to an activating group) is 1. The highest BCUT2D eigenvalue weighted by molar-refractivity contribution is 5.97. The van der Waals surface area contributed by atoms with Gasteiger partial charge in [-0.05, 0) is 69.2 Å². The zero-order chi connectivity index (χ0) is 32.4. The summed E-state index contributed by atoms with van der Waals surface area (Å²) < 4.78 is 7.94. The van der Waals surface area contributed by atoms with Gasteiger partial charge in [-0.2, -0.15) is 5.26 Å². The Morgan fingerprint density at radius 3 is 2.54 bits per heavy atom. The maximum atomic E-state index is 13.8. The van der Waals surface area contributed by atoms with Gasteiger partial charge in [0.1, 0.15) is 46.0 Å². The molecular formula is C35H38N8O3. The summed E-state index contributed by atoms with van der Waals surface area (Å²) in [4.78, 5) is 41.0. The van der Waals surface area contributed by atoms with Crippen LogP contribution >= 0.6 is 0 Å². The average molecular weight is 619 g/mol. The minimum absolute atomic E-state index is 0.0232. The van der Waals surface area contributed by atoms with Gasteiger partial charge >= 0.3 is 0 Å². The van der Waals surface area contributed by atoms with Crippen LogP contribution in [-0.4, -0.2) is 86.2 Å². The van der Waals surface area contributed by atoms with Crippen molar-refractivity contribution in [3.63, 3.8) is 0 Å². The number of aromatic nitrogens is 3. The zero-order valence-electron chi connectivity index (χ0n) is 26.4. The molecule has 2 aromatic carbocycles. The third kappa shape index (κ3) is 6.17. The molecule has 1 atom stereocenters. The van der Waals surface area contributed by atoms with E-state index < -0.39 is 5.54 Å². The van der Waals surface area contributed by atoms with Crippen LogP contribution in [0.1, 0.15) is 38.4 Å². The van der Waals surface area contributed by atoms with E-state index in [4.69, 9.17) is 15.5 Å². The van der Waals surface area contributed by atoms with E-state index in [0.29, 0.717) is 49.0 Å². The molecule has 0 radical (unpaired) electrons. The summed E-state index contributed by atoms with van der Waals surface area (Å²) in [5, 5.41) is 10.1. The number of carbonyl (C=O) groups is 2. The summed E-state index contributed by atoms with van der Waals surface area (Å²) in [5.41, 5.74) is 8.12. The van der Waals surface area contributed by atoms with Gasteiger partial charge in [0.2, 0.25) is 5.91 Å². The van der Waals surface area contributed by atoms with Crippen molar-refractivity contribution in [1.29, 1.82) is 5.26 Å². The normalized spacial score (nSPS) is 18.1. The number of rotatable bonds is 7. The zero-order valence-corrected chi connectivity index (χ0v) is 26.4. The minimum Gasteiger partial charge on any atom is -0.457 e. The smallest absolute Gasteiger partial charge is 0.264 e. The van der Waals surface area contributed by atoms with Crippen LogP contribution in [0.2, 0.25) is 0 Å². The molecule has 11 nitrogen and oxygen atoms in total. The number of fused-ring (bicyclic) bond motifs is 1. The molecule has 4 heterocycles. The van der Waals surface area contributed by atoms with Gasteiger partial charge in [-0.15, -0.1) is 0 Å². The number of nitrogen functional groups attached to an aromatic ring is 1. The topological polar surface area (TPSA) is 133 Å². The quantitative estimate of drug-likeness (QED) is 0.237. The standard InChI is InChI=1S/C35H38N8O3/c1-35(2,42-19-18-40(3)29(44)23-42)20-26(21-36)34(45)41-16-7-8-25(22-41)33-39-30(31-32(37)38-15-17-43(31)33)24-11-13-28(14-12-24)46-27-9-5-4-6-10-27/h4-6,9-15,17,20,25H,7-8,16,18-19,22-23H2,1-3H3,(H2,37,38)/b26-20-/t25-/m1/s1. The molecule has 0 spiro atoms. The fourth-order valence-electron chi connectivity index (χ4n) is 6.26. The summed E-state index contributed by atoms with van der Waals surface area (Å²) in [6.45, 7) is 6.35. The number of amides is 2. The van der Waals surface area contributed by atoms with Gasteiger partial charge in [-0.25, -0.2) is 9.97 Å². The summed E-state index contributed by atoms with van der Waals surface area (Å²) in [6, 6.07) is 19.4. The van der Waals surface area contributed by atoms with Crippen molar-refractivity contribution in [2.24, 2.45) is 0 Å². The molecule has 236 valence electrons. The molecule has 2 fully saturated rings. The number of benzene rings is 2. The van der Waals surface area contributed by atoms with Crippen molar-refractivity contribution in [2.75, 3.05) is 45.5 Å². The molecule has 0 bridgehead atoms. The van der Waals surface area contributed by atoms with Gasteiger partial charge in [-0.1, -0.05) is 18.2 Å². The predicted molar refractivity (Wildman–Crippen MR) is 175 cm³/mol. The Labute approximate surface area is 268 Å². The second kappa shape index (κ2) is 12.7. The second-order valence-corrected chi connectivity index (χ2v) is 12.4. The Kier molecular flexibility index (Phi) is 8.47. The Bertz CT molecular complexity index is 1820. The van der Waals surface area contributed by atoms with E-state index in [1.165, 1.54) is 0 Å². The van der Waals surface area contributed by atoms with Gasteiger partial charge in [0.25, 0.3) is 5.91 Å². The van der Waals surface area contributed by atoms with Crippen LogP contribution in [0.5, 0.6) is 11.5 Å². The van der Waals surface area contributed by atoms with Crippen molar-refractivity contribution < 1.29 is 14.3 Å². The highest BCUT2D eigenvalue weighted by Crippen LogP contribution is 2.35. The van der Waals surface area contributed by atoms with E-state index in [0.717, 1.165) is 30.0 Å². The van der Waals surface area contributed by atoms with Crippen LogP contribution in [0.15, 0.2) is 78.6 Å². The number of imidazole rings is 1. The number of hydrogen-bond acceptors (Lipinski definition) is 8. The van der Waals surface area contributed by atoms with Crippen molar-refractivity contribution >= 4 is 23.1 Å². The maximum Gasteiger partial charge on any atom is 0.264 e. The number of anilines is 1. The van der Waals surface area contributed by atoms with E-state index in [9.17, 15) is 14.9 Å². The number of nitrogens with two attached hydrogens (primary N) is 1. The molecule has 46 heavy (non-hydrogen) atoms. The third-order valence-electron chi connectivity index (χ3n) is 8.91. The molecule has 4 aromatic rings. The first-order valence-electron chi connectivity index (χ1n) is 15.5. The molecule has 2 aliphatic heterocycles. The lowest BCUT2D eigenvalue weighted by molar-refractivity contribution is -0.136. The van der Waals surface area contributed by atoms with Gasteiger partial charge < -0.3 is 20.3 Å². The van der Waals surface area contributed by atoms with Crippen molar-refractivity contribution in [3.8, 4) is 28.8 Å². The van der Waals surface area contributed by atoms with Crippen LogP contribution in [0, 0.1) is 11.3 Å². The second-order valence-electron chi connectivity index (χ2n) is 12.4. The van der Waals surface area contributed by atoms with E-state index in [1.54, 1.807) is 29.1 Å². The van der Waals surface area contributed by atoms with E-state index in [1.807, 2.05) is 83.9 Å². The first-order valence-corrected chi connectivity index (χ1v) is 15.5. The Hall–Kier alpha value is -5.21. The third-order valence-corrected chi connectivity index (χ3v) is 8.91. The van der Waals surface area contributed by atoms with Gasteiger partial charge in [0, 0.05) is 62.6 Å². The number of hydrogen-bond donors (Lipinski definition) is 1. The maximum absolute atomic E-state index is 13.8. The lowest BCUT2D eigenvalue weighted by atomic mass is 9.94. The number of piperazine rings is 1. The molecule has 2 saturated heterocycles. The number of nitriles is 1. The Balaban J connectivity index is 1.25. The van der Waals surface area contributed by atoms with Crippen LogP contribution in [0.3, 0.4) is 0 Å². The molecule has 2 amide bonds. The van der Waals surface area contributed by atoms with Crippen molar-refractivity contribution in [3.05, 3.63) is 84.5 Å². The van der Waals surface area contributed by atoms with E-state index in [-0.39, 0.29) is 29.9 Å². The molecule has 0 aliphatic carbocycles. The van der Waals surface area contributed by atoms with Gasteiger partial charge in [0.05, 0.1) is 6.54 Å². The highest BCUT2D eigenvalue weighted by Gasteiger charge is 2.35. The fraction of sp³-hybridized carbons (Fsp3) is 0.343. The van der Waals surface area contributed by atoms with Crippen LogP contribution in [-0.2, 0) is 9.59 Å². The fourth-order valence-corrected chi connectivity index (χ4v) is 6.26. The number of carbonyl (C=O) groups excluding carboxylic acids is 2. The SMILES string of the molecule is CN1CCN(C(C)(C)/C=C(/C#N)C(=O)N2CCC[C@@H](c3nc(-c4ccc(Oc5ccccc5)cc4)c4c(N)nccn34)C2)CC1=O. The lowest BCUT2D eigenvalue weighted by Crippen LogP contribution is -2.55. The van der Waals surface area contributed by atoms with Gasteiger partial charge in [0.15, 0.2) is 0 Å². The molecule has 2 N–H and O–H groups in total. The predicted octanol–water partition coefficient (Wildman–Crippen LogP) is 4.48. The number of ether oxygens (including phenoxy) is 1. The van der Waals surface area contributed by atoms with Crippen molar-refractivity contribution in [2.45, 2.75) is 38.1 Å².